The lowest BCUT2D eigenvalue weighted by Gasteiger charge is -2.32. The van der Waals surface area contributed by atoms with E-state index in [2.05, 4.69) is 5.32 Å². The highest BCUT2D eigenvalue weighted by molar-refractivity contribution is 5.92. The Morgan fingerprint density at radius 1 is 1.14 bits per heavy atom. The second-order valence-electron chi connectivity index (χ2n) is 7.27. The van der Waals surface area contributed by atoms with Gasteiger partial charge in [0.25, 0.3) is 0 Å². The van der Waals surface area contributed by atoms with Crippen LogP contribution < -0.4 is 5.32 Å². The first-order chi connectivity index (χ1) is 13.5. The van der Waals surface area contributed by atoms with E-state index in [0.29, 0.717) is 12.1 Å². The fourth-order valence-corrected chi connectivity index (χ4v) is 3.46. The molecule has 0 aromatic heterocycles. The van der Waals surface area contributed by atoms with E-state index in [-0.39, 0.29) is 36.6 Å². The molecule has 1 aliphatic rings. The number of likely N-dealkylation sites (N-methyl/N-ethyl adjacent to an activating group) is 1. The van der Waals surface area contributed by atoms with E-state index in [1.54, 1.807) is 25.2 Å². The van der Waals surface area contributed by atoms with Crippen LogP contribution >= 0.6 is 0 Å². The highest BCUT2D eigenvalue weighted by atomic mass is 19.1. The maximum atomic E-state index is 13.8. The average molecular weight is 383 g/mol. The molecule has 148 valence electrons. The van der Waals surface area contributed by atoms with Crippen LogP contribution in [-0.2, 0) is 16.1 Å². The first kappa shape index (κ1) is 20.0. The van der Waals surface area contributed by atoms with Crippen LogP contribution in [0.1, 0.15) is 18.4 Å². The summed E-state index contributed by atoms with van der Waals surface area (Å²) in [6, 6.07) is 15.9. The predicted octanol–water partition coefficient (Wildman–Crippen LogP) is 3.13. The molecule has 0 saturated carbocycles. The largest absolute Gasteiger partial charge is 0.340 e. The molecule has 0 unspecified atom stereocenters. The van der Waals surface area contributed by atoms with Crippen molar-refractivity contribution in [2.24, 2.45) is 5.92 Å². The van der Waals surface area contributed by atoms with E-state index in [1.807, 2.05) is 35.2 Å². The fourth-order valence-electron chi connectivity index (χ4n) is 3.46. The van der Waals surface area contributed by atoms with Gasteiger partial charge in [-0.25, -0.2) is 4.39 Å². The zero-order chi connectivity index (χ0) is 19.9. The van der Waals surface area contributed by atoms with Gasteiger partial charge in [-0.15, -0.1) is 0 Å². The van der Waals surface area contributed by atoms with E-state index in [1.165, 1.54) is 11.0 Å². The number of amides is 2. The molecule has 6 heteroatoms. The van der Waals surface area contributed by atoms with Gasteiger partial charge in [0.2, 0.25) is 11.8 Å². The number of halogens is 1. The normalized spacial score (nSPS) is 17.1. The van der Waals surface area contributed by atoms with Crippen molar-refractivity contribution in [3.63, 3.8) is 0 Å². The molecule has 1 atom stereocenters. The van der Waals surface area contributed by atoms with E-state index >= 15 is 0 Å². The van der Waals surface area contributed by atoms with Crippen LogP contribution in [0.25, 0.3) is 0 Å². The van der Waals surface area contributed by atoms with Crippen LogP contribution in [0, 0.1) is 11.7 Å². The number of likely N-dealkylation sites (tertiary alicyclic amines) is 1. The Balaban J connectivity index is 1.51. The van der Waals surface area contributed by atoms with Gasteiger partial charge in [-0.05, 0) is 37.6 Å². The molecule has 0 aliphatic carbocycles. The van der Waals surface area contributed by atoms with Crippen molar-refractivity contribution in [1.82, 2.24) is 9.80 Å². The number of carbonyl (C=O) groups excluding carboxylic acids is 2. The minimum absolute atomic E-state index is 0.0111. The molecular formula is C22H26FN3O2. The molecule has 2 aromatic carbocycles. The minimum Gasteiger partial charge on any atom is -0.340 e. The fraction of sp³-hybridized carbons (Fsp3) is 0.364. The first-order valence-corrected chi connectivity index (χ1v) is 9.58. The van der Waals surface area contributed by atoms with Crippen molar-refractivity contribution in [2.45, 2.75) is 19.4 Å². The molecule has 1 N–H and O–H groups in total. The number of para-hydroxylation sites is 1. The van der Waals surface area contributed by atoms with Crippen molar-refractivity contribution in [3.8, 4) is 0 Å². The quantitative estimate of drug-likeness (QED) is 0.834. The third-order valence-corrected chi connectivity index (χ3v) is 5.07. The molecule has 1 saturated heterocycles. The SMILES string of the molecule is CN(Cc1ccccc1F)C(=O)CN1CCC[C@@H](C(=O)Nc2ccccc2)C1. The Morgan fingerprint density at radius 3 is 2.61 bits per heavy atom. The number of anilines is 1. The third-order valence-electron chi connectivity index (χ3n) is 5.07. The molecule has 2 aromatic rings. The Bertz CT molecular complexity index is 812. The zero-order valence-corrected chi connectivity index (χ0v) is 16.1. The van der Waals surface area contributed by atoms with Crippen molar-refractivity contribution >= 4 is 17.5 Å². The maximum absolute atomic E-state index is 13.8. The second-order valence-corrected chi connectivity index (χ2v) is 7.27. The Hall–Kier alpha value is -2.73. The van der Waals surface area contributed by atoms with Crippen molar-refractivity contribution in [3.05, 3.63) is 66.0 Å². The Kier molecular flexibility index (Phi) is 6.76. The molecule has 1 fully saturated rings. The van der Waals surface area contributed by atoms with Crippen molar-refractivity contribution < 1.29 is 14.0 Å². The summed E-state index contributed by atoms with van der Waals surface area (Å²) < 4.78 is 13.8. The van der Waals surface area contributed by atoms with E-state index in [9.17, 15) is 14.0 Å². The van der Waals surface area contributed by atoms with Crippen LogP contribution in [0.4, 0.5) is 10.1 Å². The minimum atomic E-state index is -0.308. The lowest BCUT2D eigenvalue weighted by molar-refractivity contribution is -0.133. The Labute approximate surface area is 165 Å². The number of rotatable bonds is 6. The van der Waals surface area contributed by atoms with Gasteiger partial charge >= 0.3 is 0 Å². The van der Waals surface area contributed by atoms with Gasteiger partial charge in [0, 0.05) is 31.4 Å². The van der Waals surface area contributed by atoms with Gasteiger partial charge in [-0.3, -0.25) is 14.5 Å². The lowest BCUT2D eigenvalue weighted by Crippen LogP contribution is -2.45. The van der Waals surface area contributed by atoms with Crippen LogP contribution in [0.15, 0.2) is 54.6 Å². The highest BCUT2D eigenvalue weighted by Crippen LogP contribution is 2.19. The highest BCUT2D eigenvalue weighted by Gasteiger charge is 2.27. The Morgan fingerprint density at radius 2 is 1.86 bits per heavy atom. The zero-order valence-electron chi connectivity index (χ0n) is 16.1. The van der Waals surface area contributed by atoms with E-state index in [0.717, 1.165) is 25.1 Å². The van der Waals surface area contributed by atoms with E-state index in [4.69, 9.17) is 0 Å². The standard InChI is InChI=1S/C22H26FN3O2/c1-25(14-17-8-5-6-12-20(17)23)21(27)16-26-13-7-9-18(15-26)22(28)24-19-10-3-2-4-11-19/h2-6,8,10-12,18H,7,9,13-16H2,1H3,(H,24,28)/t18-/m1/s1. The molecule has 28 heavy (non-hydrogen) atoms. The number of nitrogens with zero attached hydrogens (tertiary/aromatic N) is 2. The monoisotopic (exact) mass is 383 g/mol. The van der Waals surface area contributed by atoms with Crippen LogP contribution in [0.3, 0.4) is 0 Å². The van der Waals surface area contributed by atoms with Gasteiger partial charge in [-0.2, -0.15) is 0 Å². The number of hydrogen-bond acceptors (Lipinski definition) is 3. The van der Waals surface area contributed by atoms with Gasteiger partial charge in [0.15, 0.2) is 0 Å². The van der Waals surface area contributed by atoms with Crippen LogP contribution in [0.5, 0.6) is 0 Å². The summed E-state index contributed by atoms with van der Waals surface area (Å²) in [5.74, 6) is -0.535. The summed E-state index contributed by atoms with van der Waals surface area (Å²) in [6.45, 7) is 1.81. The summed E-state index contributed by atoms with van der Waals surface area (Å²) in [4.78, 5) is 28.6. The number of piperidine rings is 1. The molecule has 0 radical (unpaired) electrons. The number of nitrogens with one attached hydrogen (secondary N) is 1. The molecule has 1 aliphatic heterocycles. The topological polar surface area (TPSA) is 52.7 Å². The van der Waals surface area contributed by atoms with E-state index < -0.39 is 0 Å². The molecule has 1 heterocycles. The average Bonchev–Trinajstić information content (AvgIpc) is 2.70. The smallest absolute Gasteiger partial charge is 0.236 e. The lowest BCUT2D eigenvalue weighted by atomic mass is 9.97. The van der Waals surface area contributed by atoms with Crippen LogP contribution in [-0.4, -0.2) is 48.3 Å². The predicted molar refractivity (Wildman–Crippen MR) is 107 cm³/mol. The maximum Gasteiger partial charge on any atom is 0.236 e. The van der Waals surface area contributed by atoms with Gasteiger partial charge in [0.05, 0.1) is 12.5 Å². The first-order valence-electron chi connectivity index (χ1n) is 9.58. The van der Waals surface area contributed by atoms with Gasteiger partial charge in [0.1, 0.15) is 5.82 Å². The summed E-state index contributed by atoms with van der Waals surface area (Å²) in [6.07, 6.45) is 1.69. The summed E-state index contributed by atoms with van der Waals surface area (Å²) >= 11 is 0. The summed E-state index contributed by atoms with van der Waals surface area (Å²) in [7, 11) is 1.68. The number of carbonyl (C=O) groups is 2. The third kappa shape index (κ3) is 5.39. The molecule has 5 nitrogen and oxygen atoms in total. The van der Waals surface area contributed by atoms with Gasteiger partial charge in [-0.1, -0.05) is 36.4 Å². The van der Waals surface area contributed by atoms with Crippen molar-refractivity contribution in [2.75, 3.05) is 32.0 Å². The van der Waals surface area contributed by atoms with Crippen LogP contribution in [0.2, 0.25) is 0 Å². The van der Waals surface area contributed by atoms with Gasteiger partial charge < -0.3 is 10.2 Å². The molecule has 2 amide bonds. The van der Waals surface area contributed by atoms with Crippen molar-refractivity contribution in [1.29, 1.82) is 0 Å². The molecular weight excluding hydrogens is 357 g/mol. The molecule has 3 rings (SSSR count). The molecule has 0 bridgehead atoms. The summed E-state index contributed by atoms with van der Waals surface area (Å²) in [5, 5.41) is 2.94. The number of hydrogen-bond donors (Lipinski definition) is 1. The second kappa shape index (κ2) is 9.46. The number of benzene rings is 2. The molecule has 0 spiro atoms. The summed E-state index contributed by atoms with van der Waals surface area (Å²) in [5.41, 5.74) is 1.28.